The zero-order valence-corrected chi connectivity index (χ0v) is 13.3. The molecule has 0 aliphatic carbocycles. The highest BCUT2D eigenvalue weighted by Gasteiger charge is 2.25. The predicted molar refractivity (Wildman–Crippen MR) is 82.9 cm³/mol. The number of hydrogen-bond acceptors (Lipinski definition) is 3. The van der Waals surface area contributed by atoms with E-state index in [0.29, 0.717) is 20.5 Å². The van der Waals surface area contributed by atoms with E-state index in [9.17, 15) is 14.3 Å². The maximum absolute atomic E-state index is 14.2. The topological polar surface area (TPSA) is 63.3 Å². The number of rotatable bonds is 3. The average molecular weight is 358 g/mol. The molecule has 0 bridgehead atoms. The Balaban J connectivity index is 2.76. The van der Waals surface area contributed by atoms with Crippen molar-refractivity contribution in [3.63, 3.8) is 0 Å². The van der Waals surface area contributed by atoms with E-state index in [0.717, 1.165) is 11.3 Å². The Morgan fingerprint density at radius 2 is 2.10 bits per heavy atom. The lowest BCUT2D eigenvalue weighted by Crippen LogP contribution is -2.01. The van der Waals surface area contributed by atoms with Crippen molar-refractivity contribution < 1.29 is 14.3 Å². The lowest BCUT2D eigenvalue weighted by molar-refractivity contribution is 0.0703. The van der Waals surface area contributed by atoms with E-state index in [2.05, 4.69) is 15.9 Å². The second-order valence-electron chi connectivity index (χ2n) is 4.65. The quantitative estimate of drug-likeness (QED) is 0.835. The first-order chi connectivity index (χ1) is 9.34. The van der Waals surface area contributed by atoms with Gasteiger partial charge >= 0.3 is 5.97 Å². The number of thiophene rings is 1. The van der Waals surface area contributed by atoms with Crippen LogP contribution in [0.3, 0.4) is 0 Å². The lowest BCUT2D eigenvalue weighted by atomic mass is 9.98. The summed E-state index contributed by atoms with van der Waals surface area (Å²) in [5.74, 6) is -1.49. The molecule has 3 N–H and O–H groups in total. The first-order valence-electron chi connectivity index (χ1n) is 5.94. The van der Waals surface area contributed by atoms with E-state index < -0.39 is 11.8 Å². The Morgan fingerprint density at radius 3 is 2.65 bits per heavy atom. The largest absolute Gasteiger partial charge is 0.477 e. The van der Waals surface area contributed by atoms with Crippen LogP contribution in [-0.2, 0) is 0 Å². The van der Waals surface area contributed by atoms with Gasteiger partial charge in [0.15, 0.2) is 0 Å². The van der Waals surface area contributed by atoms with Gasteiger partial charge in [0.2, 0.25) is 0 Å². The van der Waals surface area contributed by atoms with Gasteiger partial charge in [-0.3, -0.25) is 0 Å². The zero-order valence-electron chi connectivity index (χ0n) is 10.9. The van der Waals surface area contributed by atoms with E-state index in [1.54, 1.807) is 18.2 Å². The first-order valence-corrected chi connectivity index (χ1v) is 7.55. The second kappa shape index (κ2) is 5.54. The number of anilines is 1. The molecule has 20 heavy (non-hydrogen) atoms. The number of carboxylic acids is 1. The molecule has 0 aliphatic heterocycles. The minimum absolute atomic E-state index is 0.00716. The second-order valence-corrected chi connectivity index (χ2v) is 6.52. The molecule has 0 fully saturated rings. The van der Waals surface area contributed by atoms with Gasteiger partial charge in [-0.25, -0.2) is 9.18 Å². The zero-order chi connectivity index (χ0) is 15.0. The fourth-order valence-electron chi connectivity index (χ4n) is 2.07. The highest BCUT2D eigenvalue weighted by molar-refractivity contribution is 9.10. The summed E-state index contributed by atoms with van der Waals surface area (Å²) in [4.78, 5) is 11.9. The summed E-state index contributed by atoms with van der Waals surface area (Å²) in [6.07, 6.45) is 0. The number of halogens is 2. The van der Waals surface area contributed by atoms with E-state index in [1.807, 2.05) is 13.8 Å². The van der Waals surface area contributed by atoms with Crippen molar-refractivity contribution in [1.82, 2.24) is 0 Å². The maximum atomic E-state index is 14.2. The van der Waals surface area contributed by atoms with Crippen LogP contribution in [0.4, 0.5) is 10.1 Å². The summed E-state index contributed by atoms with van der Waals surface area (Å²) >= 11 is 4.15. The Kier molecular flexibility index (Phi) is 4.15. The van der Waals surface area contributed by atoms with Crippen LogP contribution in [-0.4, -0.2) is 11.1 Å². The number of carbonyl (C=O) groups is 1. The molecule has 0 spiro atoms. The molecule has 0 radical (unpaired) electrons. The van der Waals surface area contributed by atoms with E-state index >= 15 is 0 Å². The lowest BCUT2D eigenvalue weighted by Gasteiger charge is -2.10. The molecule has 6 heteroatoms. The number of aromatic carboxylic acids is 1. The van der Waals surface area contributed by atoms with Crippen molar-refractivity contribution in [2.45, 2.75) is 19.8 Å². The molecule has 0 amide bonds. The summed E-state index contributed by atoms with van der Waals surface area (Å²) in [6.45, 7) is 3.81. The molecule has 1 heterocycles. The van der Waals surface area contributed by atoms with Gasteiger partial charge in [0, 0.05) is 10.4 Å². The van der Waals surface area contributed by atoms with Crippen LogP contribution in [0, 0.1) is 5.82 Å². The van der Waals surface area contributed by atoms with Gasteiger partial charge in [0.1, 0.15) is 10.7 Å². The third-order valence-corrected chi connectivity index (χ3v) is 4.81. The Hall–Kier alpha value is -1.40. The fourth-order valence-corrected chi connectivity index (χ4v) is 3.67. The van der Waals surface area contributed by atoms with Crippen molar-refractivity contribution in [2.24, 2.45) is 0 Å². The number of nitrogens with two attached hydrogens (primary N) is 1. The molecule has 0 aliphatic rings. The first kappa shape index (κ1) is 15.0. The molecule has 2 rings (SSSR count). The van der Waals surface area contributed by atoms with Crippen molar-refractivity contribution in [2.75, 3.05) is 5.73 Å². The summed E-state index contributed by atoms with van der Waals surface area (Å²) in [7, 11) is 0. The summed E-state index contributed by atoms with van der Waals surface area (Å²) in [6, 6.07) is 4.94. The molecule has 2 aromatic rings. The standard InChI is InChI=1S/C14H13BrFNO2S/c1-6(2)9-11(17)13(14(18)19)20-12(9)7-4-3-5-8(15)10(7)16/h3-6H,17H2,1-2H3,(H,18,19). The van der Waals surface area contributed by atoms with Crippen LogP contribution in [0.15, 0.2) is 22.7 Å². The molecule has 0 saturated heterocycles. The fraction of sp³-hybridized carbons (Fsp3) is 0.214. The van der Waals surface area contributed by atoms with Gasteiger partial charge in [-0.15, -0.1) is 11.3 Å². The minimum atomic E-state index is -1.09. The Bertz CT molecular complexity index is 682. The van der Waals surface area contributed by atoms with E-state index in [-0.39, 0.29) is 16.5 Å². The third-order valence-electron chi connectivity index (χ3n) is 2.95. The SMILES string of the molecule is CC(C)c1c(-c2cccc(Br)c2F)sc(C(=O)O)c1N. The molecular weight excluding hydrogens is 345 g/mol. The monoisotopic (exact) mass is 357 g/mol. The van der Waals surface area contributed by atoms with Crippen molar-refractivity contribution in [3.8, 4) is 10.4 Å². The third kappa shape index (κ3) is 2.45. The smallest absolute Gasteiger partial charge is 0.348 e. The van der Waals surface area contributed by atoms with Crippen molar-refractivity contribution in [3.05, 3.63) is 38.9 Å². The Labute approximate surface area is 128 Å². The van der Waals surface area contributed by atoms with Crippen LogP contribution in [0.25, 0.3) is 10.4 Å². The number of hydrogen-bond donors (Lipinski definition) is 2. The molecule has 0 unspecified atom stereocenters. The molecule has 3 nitrogen and oxygen atoms in total. The van der Waals surface area contributed by atoms with Gasteiger partial charge in [-0.1, -0.05) is 26.0 Å². The summed E-state index contributed by atoms with van der Waals surface area (Å²) < 4.78 is 14.6. The number of carboxylic acid groups (broad SMARTS) is 1. The van der Waals surface area contributed by atoms with Gasteiger partial charge in [0.05, 0.1) is 10.2 Å². The Morgan fingerprint density at radius 1 is 1.45 bits per heavy atom. The summed E-state index contributed by atoms with van der Waals surface area (Å²) in [5.41, 5.74) is 7.21. The van der Waals surface area contributed by atoms with Gasteiger partial charge < -0.3 is 10.8 Å². The van der Waals surface area contributed by atoms with Crippen LogP contribution in [0.2, 0.25) is 0 Å². The van der Waals surface area contributed by atoms with E-state index in [4.69, 9.17) is 5.73 Å². The minimum Gasteiger partial charge on any atom is -0.477 e. The molecular formula is C14H13BrFNO2S. The summed E-state index contributed by atoms with van der Waals surface area (Å²) in [5, 5.41) is 9.18. The molecule has 0 saturated carbocycles. The van der Waals surface area contributed by atoms with Crippen molar-refractivity contribution in [1.29, 1.82) is 0 Å². The molecule has 1 aromatic carbocycles. The van der Waals surface area contributed by atoms with Gasteiger partial charge in [-0.2, -0.15) is 0 Å². The van der Waals surface area contributed by atoms with Crippen LogP contribution in [0.1, 0.15) is 35.0 Å². The number of benzene rings is 1. The van der Waals surface area contributed by atoms with E-state index in [1.165, 1.54) is 0 Å². The average Bonchev–Trinajstić information content (AvgIpc) is 2.70. The predicted octanol–water partition coefficient (Wildman–Crippen LogP) is 4.72. The highest BCUT2D eigenvalue weighted by atomic mass is 79.9. The van der Waals surface area contributed by atoms with Gasteiger partial charge in [0.25, 0.3) is 0 Å². The highest BCUT2D eigenvalue weighted by Crippen LogP contribution is 2.44. The number of nitrogen functional groups attached to an aromatic ring is 1. The normalized spacial score (nSPS) is 11.1. The molecule has 106 valence electrons. The van der Waals surface area contributed by atoms with Crippen LogP contribution < -0.4 is 5.73 Å². The molecule has 1 aromatic heterocycles. The van der Waals surface area contributed by atoms with Gasteiger partial charge in [-0.05, 0) is 33.5 Å². The maximum Gasteiger partial charge on any atom is 0.348 e. The molecule has 0 atom stereocenters. The van der Waals surface area contributed by atoms with Crippen molar-refractivity contribution >= 4 is 38.9 Å². The van der Waals surface area contributed by atoms with Crippen LogP contribution in [0.5, 0.6) is 0 Å². The van der Waals surface area contributed by atoms with Crippen LogP contribution >= 0.6 is 27.3 Å².